The lowest BCUT2D eigenvalue weighted by atomic mass is 10.2. The third kappa shape index (κ3) is 3.84. The monoisotopic (exact) mass is 294 g/mol. The van der Waals surface area contributed by atoms with E-state index in [9.17, 15) is 4.79 Å². The lowest BCUT2D eigenvalue weighted by Gasteiger charge is -2.13. The molecule has 20 heavy (non-hydrogen) atoms. The molecule has 0 bridgehead atoms. The number of hydrogen-bond donors (Lipinski definition) is 0. The van der Waals surface area contributed by atoms with Crippen LogP contribution in [0.15, 0.2) is 21.9 Å². The Morgan fingerprint density at radius 2 is 2.30 bits per heavy atom. The molecule has 0 aliphatic heterocycles. The number of carbonyl (C=O) groups excluding carboxylic acids is 1. The topological polar surface area (TPSA) is 55.6 Å². The summed E-state index contributed by atoms with van der Waals surface area (Å²) in [7, 11) is 3.37. The first-order chi connectivity index (χ1) is 9.58. The predicted molar refractivity (Wildman–Crippen MR) is 78.0 cm³/mol. The van der Waals surface area contributed by atoms with Gasteiger partial charge >= 0.3 is 5.97 Å². The van der Waals surface area contributed by atoms with Crippen LogP contribution in [-0.2, 0) is 22.5 Å². The van der Waals surface area contributed by atoms with E-state index >= 15 is 0 Å². The van der Waals surface area contributed by atoms with Crippen LogP contribution >= 0.6 is 11.3 Å². The average Bonchev–Trinajstić information content (AvgIpc) is 3.05. The average molecular weight is 294 g/mol. The van der Waals surface area contributed by atoms with Crippen LogP contribution < -0.4 is 4.90 Å². The van der Waals surface area contributed by atoms with E-state index in [2.05, 4.69) is 9.72 Å². The fraction of sp³-hybridized carbons (Fsp3) is 0.429. The number of carbonyl (C=O) groups is 1. The van der Waals surface area contributed by atoms with E-state index in [4.69, 9.17) is 4.42 Å². The van der Waals surface area contributed by atoms with Crippen LogP contribution in [-0.4, -0.2) is 25.1 Å². The van der Waals surface area contributed by atoms with E-state index in [0.717, 1.165) is 22.3 Å². The molecule has 0 spiro atoms. The Hall–Kier alpha value is -1.82. The van der Waals surface area contributed by atoms with Crippen molar-refractivity contribution in [2.75, 3.05) is 19.1 Å². The molecule has 0 aliphatic carbocycles. The van der Waals surface area contributed by atoms with Crippen LogP contribution in [0.25, 0.3) is 0 Å². The number of thiazole rings is 1. The Kier molecular flexibility index (Phi) is 4.79. The normalized spacial score (nSPS) is 10.6. The maximum Gasteiger partial charge on any atom is 0.305 e. The van der Waals surface area contributed by atoms with Gasteiger partial charge in [-0.2, -0.15) is 0 Å². The molecule has 0 fully saturated rings. The van der Waals surface area contributed by atoms with Crippen LogP contribution in [0.1, 0.15) is 23.6 Å². The Morgan fingerprint density at radius 3 is 2.95 bits per heavy atom. The highest BCUT2D eigenvalue weighted by molar-refractivity contribution is 7.13. The summed E-state index contributed by atoms with van der Waals surface area (Å²) in [5.41, 5.74) is 0.915. The molecule has 2 rings (SSSR count). The van der Waals surface area contributed by atoms with Gasteiger partial charge in [-0.05, 0) is 19.1 Å². The SMILES string of the molecule is COC(=O)CCc1csc(N(C)Cc2ccc(C)o2)n1. The second-order valence-electron chi connectivity index (χ2n) is 4.57. The molecule has 0 saturated heterocycles. The van der Waals surface area contributed by atoms with Crippen molar-refractivity contribution >= 4 is 22.4 Å². The van der Waals surface area contributed by atoms with Gasteiger partial charge < -0.3 is 14.1 Å². The summed E-state index contributed by atoms with van der Waals surface area (Å²) in [6, 6.07) is 3.92. The first-order valence-electron chi connectivity index (χ1n) is 6.36. The molecule has 5 nitrogen and oxygen atoms in total. The van der Waals surface area contributed by atoms with Crippen LogP contribution in [0.5, 0.6) is 0 Å². The van der Waals surface area contributed by atoms with Crippen LogP contribution in [0.3, 0.4) is 0 Å². The zero-order valence-electron chi connectivity index (χ0n) is 11.9. The molecular weight excluding hydrogens is 276 g/mol. The smallest absolute Gasteiger partial charge is 0.305 e. The van der Waals surface area contributed by atoms with Crippen molar-refractivity contribution in [1.82, 2.24) is 4.98 Å². The van der Waals surface area contributed by atoms with E-state index in [1.54, 1.807) is 11.3 Å². The molecule has 0 radical (unpaired) electrons. The van der Waals surface area contributed by atoms with Gasteiger partial charge in [-0.1, -0.05) is 0 Å². The number of hydrogen-bond acceptors (Lipinski definition) is 6. The quantitative estimate of drug-likeness (QED) is 0.767. The van der Waals surface area contributed by atoms with Crippen LogP contribution in [0.4, 0.5) is 5.13 Å². The highest BCUT2D eigenvalue weighted by atomic mass is 32.1. The van der Waals surface area contributed by atoms with Gasteiger partial charge in [0, 0.05) is 18.8 Å². The van der Waals surface area contributed by atoms with Crippen molar-refractivity contribution in [2.45, 2.75) is 26.3 Å². The van der Waals surface area contributed by atoms with Gasteiger partial charge in [0.2, 0.25) is 0 Å². The molecule has 0 atom stereocenters. The Bertz CT molecular complexity index is 576. The molecule has 2 aromatic heterocycles. The highest BCUT2D eigenvalue weighted by Gasteiger charge is 2.10. The van der Waals surface area contributed by atoms with Crippen molar-refractivity contribution in [3.05, 3.63) is 34.7 Å². The lowest BCUT2D eigenvalue weighted by Crippen LogP contribution is -2.15. The van der Waals surface area contributed by atoms with E-state index < -0.39 is 0 Å². The summed E-state index contributed by atoms with van der Waals surface area (Å²) in [5, 5.41) is 2.89. The second-order valence-corrected chi connectivity index (χ2v) is 5.40. The lowest BCUT2D eigenvalue weighted by molar-refractivity contribution is -0.140. The number of methoxy groups -OCH3 is 1. The zero-order valence-corrected chi connectivity index (χ0v) is 12.7. The third-order valence-corrected chi connectivity index (χ3v) is 3.87. The molecule has 108 valence electrons. The van der Waals surface area contributed by atoms with Crippen LogP contribution in [0, 0.1) is 6.92 Å². The molecule has 0 N–H and O–H groups in total. The molecule has 0 amide bonds. The number of ether oxygens (including phenoxy) is 1. The van der Waals surface area contributed by atoms with Gasteiger partial charge in [-0.25, -0.2) is 4.98 Å². The van der Waals surface area contributed by atoms with Crippen LogP contribution in [0.2, 0.25) is 0 Å². The minimum absolute atomic E-state index is 0.209. The minimum Gasteiger partial charge on any atom is -0.469 e. The maximum absolute atomic E-state index is 11.1. The predicted octanol–water partition coefficient (Wildman–Crippen LogP) is 2.79. The molecule has 2 heterocycles. The number of anilines is 1. The standard InChI is InChI=1S/C14H18N2O3S/c1-10-4-6-12(19-10)8-16(2)14-15-11(9-20-14)5-7-13(17)18-3/h4,6,9H,5,7-8H2,1-3H3. The van der Waals surface area contributed by atoms with Crippen molar-refractivity contribution in [3.8, 4) is 0 Å². The van der Waals surface area contributed by atoms with Gasteiger partial charge in [0.15, 0.2) is 5.13 Å². The fourth-order valence-electron chi connectivity index (χ4n) is 1.79. The Balaban J connectivity index is 1.92. The zero-order chi connectivity index (χ0) is 14.5. The Labute approximate surface area is 122 Å². The molecule has 0 aromatic carbocycles. The number of aryl methyl sites for hydroxylation is 2. The summed E-state index contributed by atoms with van der Waals surface area (Å²) in [6.45, 7) is 2.61. The third-order valence-electron chi connectivity index (χ3n) is 2.87. The van der Waals surface area contributed by atoms with Gasteiger partial charge in [0.1, 0.15) is 11.5 Å². The van der Waals surface area contributed by atoms with Crippen molar-refractivity contribution < 1.29 is 13.9 Å². The number of aromatic nitrogens is 1. The molecule has 0 aliphatic rings. The first-order valence-corrected chi connectivity index (χ1v) is 7.24. The largest absolute Gasteiger partial charge is 0.469 e. The highest BCUT2D eigenvalue weighted by Crippen LogP contribution is 2.22. The Morgan fingerprint density at radius 1 is 1.50 bits per heavy atom. The minimum atomic E-state index is -0.209. The molecule has 6 heteroatoms. The summed E-state index contributed by atoms with van der Waals surface area (Å²) >= 11 is 1.56. The summed E-state index contributed by atoms with van der Waals surface area (Å²) in [6.07, 6.45) is 0.970. The van der Waals surface area contributed by atoms with E-state index in [0.29, 0.717) is 19.4 Å². The molecular formula is C14H18N2O3S. The summed E-state index contributed by atoms with van der Waals surface area (Å²) in [5.74, 6) is 1.61. The first kappa shape index (κ1) is 14.6. The van der Waals surface area contributed by atoms with Crippen molar-refractivity contribution in [1.29, 1.82) is 0 Å². The number of esters is 1. The van der Waals surface area contributed by atoms with E-state index in [-0.39, 0.29) is 5.97 Å². The summed E-state index contributed by atoms with van der Waals surface area (Å²) < 4.78 is 10.2. The van der Waals surface area contributed by atoms with Gasteiger partial charge in [0.25, 0.3) is 0 Å². The van der Waals surface area contributed by atoms with Gasteiger partial charge in [-0.3, -0.25) is 4.79 Å². The molecule has 2 aromatic rings. The fourth-order valence-corrected chi connectivity index (χ4v) is 2.62. The van der Waals surface area contributed by atoms with Crippen molar-refractivity contribution in [3.63, 3.8) is 0 Å². The maximum atomic E-state index is 11.1. The number of furan rings is 1. The second kappa shape index (κ2) is 6.56. The molecule has 0 unspecified atom stereocenters. The molecule has 0 saturated carbocycles. The number of rotatable bonds is 6. The van der Waals surface area contributed by atoms with E-state index in [1.165, 1.54) is 7.11 Å². The van der Waals surface area contributed by atoms with Gasteiger partial charge in [-0.15, -0.1) is 11.3 Å². The van der Waals surface area contributed by atoms with E-state index in [1.807, 2.05) is 36.4 Å². The number of nitrogens with zero attached hydrogens (tertiary/aromatic N) is 2. The van der Waals surface area contributed by atoms with Gasteiger partial charge in [0.05, 0.1) is 25.8 Å². The van der Waals surface area contributed by atoms with Crippen molar-refractivity contribution in [2.24, 2.45) is 0 Å². The summed E-state index contributed by atoms with van der Waals surface area (Å²) in [4.78, 5) is 17.6.